The Morgan fingerprint density at radius 2 is 2.08 bits per heavy atom. The summed E-state index contributed by atoms with van der Waals surface area (Å²) in [6.45, 7) is 0.459. The molecule has 1 aromatic carbocycles. The van der Waals surface area contributed by atoms with Crippen LogP contribution in [0.5, 0.6) is 0 Å². The summed E-state index contributed by atoms with van der Waals surface area (Å²) in [5.74, 6) is 0. The van der Waals surface area contributed by atoms with Crippen molar-refractivity contribution in [2.45, 2.75) is 12.7 Å². The monoisotopic (exact) mass is 376 g/mol. The highest BCUT2D eigenvalue weighted by atomic mass is 32.1. The Kier molecular flexibility index (Phi) is 5.57. The number of benzene rings is 1. The molecule has 0 saturated heterocycles. The van der Waals surface area contributed by atoms with Crippen LogP contribution in [0.25, 0.3) is 0 Å². The van der Waals surface area contributed by atoms with Gasteiger partial charge in [-0.3, -0.25) is 21.0 Å². The van der Waals surface area contributed by atoms with Gasteiger partial charge in [0.25, 0.3) is 5.69 Å². The minimum Gasteiger partial charge on any atom is -0.356 e. The van der Waals surface area contributed by atoms with E-state index in [1.54, 1.807) is 0 Å². The van der Waals surface area contributed by atoms with Crippen molar-refractivity contribution < 1.29 is 18.1 Å². The lowest BCUT2D eigenvalue weighted by atomic mass is 10.1. The van der Waals surface area contributed by atoms with Crippen LogP contribution >= 0.6 is 23.6 Å². The van der Waals surface area contributed by atoms with E-state index in [1.165, 1.54) is 11.3 Å². The molecule has 2 rings (SSSR count). The van der Waals surface area contributed by atoms with Gasteiger partial charge in [-0.1, -0.05) is 6.07 Å². The second-order valence-corrected chi connectivity index (χ2v) is 5.94. The van der Waals surface area contributed by atoms with Gasteiger partial charge in [-0.05, 0) is 35.8 Å². The fourth-order valence-corrected chi connectivity index (χ4v) is 2.48. The number of anilines is 1. The topological polar surface area (TPSA) is 79.2 Å². The van der Waals surface area contributed by atoms with E-state index >= 15 is 0 Å². The number of hydrogen-bond acceptors (Lipinski definition) is 5. The highest BCUT2D eigenvalue weighted by molar-refractivity contribution is 7.80. The van der Waals surface area contributed by atoms with Crippen molar-refractivity contribution in [2.75, 3.05) is 5.43 Å². The molecule has 11 heteroatoms. The number of hydrazine groups is 1. The third kappa shape index (κ3) is 4.80. The molecule has 24 heavy (non-hydrogen) atoms. The molecule has 2 aromatic rings. The molecular formula is C13H11F3N4O2S2. The van der Waals surface area contributed by atoms with Gasteiger partial charge in [-0.15, -0.1) is 11.3 Å². The zero-order valence-corrected chi connectivity index (χ0v) is 13.5. The molecule has 0 amide bonds. The van der Waals surface area contributed by atoms with Crippen LogP contribution in [0.4, 0.5) is 24.5 Å². The zero-order chi connectivity index (χ0) is 17.7. The van der Waals surface area contributed by atoms with E-state index in [2.05, 4.69) is 16.2 Å². The van der Waals surface area contributed by atoms with Gasteiger partial charge in [0.2, 0.25) is 0 Å². The second-order valence-electron chi connectivity index (χ2n) is 4.50. The van der Waals surface area contributed by atoms with E-state index in [1.807, 2.05) is 17.5 Å². The van der Waals surface area contributed by atoms with Crippen molar-refractivity contribution in [1.82, 2.24) is 10.7 Å². The van der Waals surface area contributed by atoms with E-state index in [4.69, 9.17) is 12.2 Å². The molecule has 0 atom stereocenters. The fourth-order valence-electron chi connectivity index (χ4n) is 1.71. The smallest absolute Gasteiger partial charge is 0.356 e. The lowest BCUT2D eigenvalue weighted by Gasteiger charge is -2.13. The van der Waals surface area contributed by atoms with Crippen LogP contribution < -0.4 is 16.2 Å². The predicted octanol–water partition coefficient (Wildman–Crippen LogP) is 3.67. The first-order valence-electron chi connectivity index (χ1n) is 6.45. The van der Waals surface area contributed by atoms with Crippen molar-refractivity contribution in [2.24, 2.45) is 0 Å². The molecule has 0 aliphatic rings. The number of thiophene rings is 1. The van der Waals surface area contributed by atoms with Crippen LogP contribution in [0.3, 0.4) is 0 Å². The number of nitro groups is 1. The maximum atomic E-state index is 12.6. The first-order chi connectivity index (χ1) is 11.3. The number of halogens is 3. The van der Waals surface area contributed by atoms with Gasteiger partial charge >= 0.3 is 6.18 Å². The van der Waals surface area contributed by atoms with Crippen molar-refractivity contribution >= 4 is 40.0 Å². The van der Waals surface area contributed by atoms with Gasteiger partial charge in [-0.2, -0.15) is 13.2 Å². The summed E-state index contributed by atoms with van der Waals surface area (Å²) in [5.41, 5.74) is 3.01. The number of thiocarbonyl (C=S) groups is 1. The number of rotatable bonds is 5. The van der Waals surface area contributed by atoms with Crippen LogP contribution in [0.15, 0.2) is 35.7 Å². The normalized spacial score (nSPS) is 11.0. The standard InChI is InChI=1S/C13H11F3N4O2S2/c14-13(15,16)8-3-4-10(11(6-8)20(21)22)18-19-12(23)17-7-9-2-1-5-24-9/h1-6,18H,7H2,(H2,17,19,23). The molecule has 3 N–H and O–H groups in total. The molecule has 1 heterocycles. The second kappa shape index (κ2) is 7.45. The van der Waals surface area contributed by atoms with Crippen molar-refractivity contribution in [1.29, 1.82) is 0 Å². The Labute approximate surface area is 143 Å². The average molecular weight is 376 g/mol. The molecular weight excluding hydrogens is 365 g/mol. The maximum absolute atomic E-state index is 12.6. The molecule has 0 fully saturated rings. The Balaban J connectivity index is 2.01. The molecule has 0 spiro atoms. The predicted molar refractivity (Wildman–Crippen MR) is 88.6 cm³/mol. The maximum Gasteiger partial charge on any atom is 0.416 e. The molecule has 0 unspecified atom stereocenters. The molecule has 0 saturated carbocycles. The molecule has 6 nitrogen and oxygen atoms in total. The summed E-state index contributed by atoms with van der Waals surface area (Å²) < 4.78 is 37.9. The summed E-state index contributed by atoms with van der Waals surface area (Å²) in [7, 11) is 0. The Morgan fingerprint density at radius 1 is 1.33 bits per heavy atom. The van der Waals surface area contributed by atoms with Gasteiger partial charge in [0, 0.05) is 10.9 Å². The van der Waals surface area contributed by atoms with Crippen molar-refractivity contribution in [3.8, 4) is 0 Å². The van der Waals surface area contributed by atoms with Gasteiger partial charge in [0.15, 0.2) is 5.11 Å². The van der Waals surface area contributed by atoms with Gasteiger partial charge in [0.05, 0.1) is 17.0 Å². The summed E-state index contributed by atoms with van der Waals surface area (Å²) >= 11 is 6.51. The van der Waals surface area contributed by atoms with Crippen LogP contribution in [-0.4, -0.2) is 10.0 Å². The number of alkyl halides is 3. The minimum atomic E-state index is -4.66. The summed E-state index contributed by atoms with van der Waals surface area (Å²) in [4.78, 5) is 11.1. The van der Waals surface area contributed by atoms with Crippen molar-refractivity contribution in [3.63, 3.8) is 0 Å². The Morgan fingerprint density at radius 3 is 2.67 bits per heavy atom. The molecule has 0 radical (unpaired) electrons. The van der Waals surface area contributed by atoms with Crippen LogP contribution in [-0.2, 0) is 12.7 Å². The molecule has 0 aliphatic heterocycles. The van der Waals surface area contributed by atoms with Crippen LogP contribution in [0, 0.1) is 10.1 Å². The summed E-state index contributed by atoms with van der Waals surface area (Å²) in [5, 5.41) is 15.9. The van der Waals surface area contributed by atoms with E-state index in [0.717, 1.165) is 17.0 Å². The summed E-state index contributed by atoms with van der Waals surface area (Å²) in [6.07, 6.45) is -4.66. The highest BCUT2D eigenvalue weighted by Crippen LogP contribution is 2.34. The number of nitrogens with one attached hydrogen (secondary N) is 3. The molecule has 0 aliphatic carbocycles. The van der Waals surface area contributed by atoms with E-state index in [9.17, 15) is 23.3 Å². The van der Waals surface area contributed by atoms with Crippen molar-refractivity contribution in [3.05, 3.63) is 56.3 Å². The van der Waals surface area contributed by atoms with Gasteiger partial charge < -0.3 is 5.32 Å². The van der Waals surface area contributed by atoms with Crippen LogP contribution in [0.1, 0.15) is 10.4 Å². The summed E-state index contributed by atoms with van der Waals surface area (Å²) in [6, 6.07) is 5.96. The molecule has 128 valence electrons. The van der Waals surface area contributed by atoms with E-state index < -0.39 is 22.4 Å². The zero-order valence-electron chi connectivity index (χ0n) is 11.9. The molecule has 0 bridgehead atoms. The lowest BCUT2D eigenvalue weighted by molar-refractivity contribution is -0.384. The fraction of sp³-hybridized carbons (Fsp3) is 0.154. The van der Waals surface area contributed by atoms with Gasteiger partial charge in [0.1, 0.15) is 5.69 Å². The number of hydrogen-bond donors (Lipinski definition) is 3. The first-order valence-corrected chi connectivity index (χ1v) is 7.74. The van der Waals surface area contributed by atoms with Gasteiger partial charge in [-0.25, -0.2) is 0 Å². The largest absolute Gasteiger partial charge is 0.416 e. The average Bonchev–Trinajstić information content (AvgIpc) is 3.03. The minimum absolute atomic E-state index is 0.131. The SMILES string of the molecule is O=[N+]([O-])c1cc(C(F)(F)F)ccc1NNC(=S)NCc1cccs1. The van der Waals surface area contributed by atoms with E-state index in [0.29, 0.717) is 12.6 Å². The molecule has 1 aromatic heterocycles. The highest BCUT2D eigenvalue weighted by Gasteiger charge is 2.33. The van der Waals surface area contributed by atoms with Crippen LogP contribution in [0.2, 0.25) is 0 Å². The quantitative estimate of drug-likeness (QED) is 0.420. The van der Waals surface area contributed by atoms with E-state index in [-0.39, 0.29) is 10.8 Å². The number of nitrogens with zero attached hydrogens (tertiary/aromatic N) is 1. The Bertz CT molecular complexity index is 735. The lowest BCUT2D eigenvalue weighted by Crippen LogP contribution is -2.38. The Hall–Kier alpha value is -2.40. The number of nitro benzene ring substituents is 1. The first kappa shape index (κ1) is 17.9. The third-order valence-electron chi connectivity index (χ3n) is 2.84. The third-order valence-corrected chi connectivity index (χ3v) is 3.96.